The van der Waals surface area contributed by atoms with Gasteiger partial charge in [-0.25, -0.2) is 9.97 Å². The number of H-pyrrole nitrogens is 2. The molecule has 5 rings (SSSR count). The first-order chi connectivity index (χ1) is 15.5. The van der Waals surface area contributed by atoms with E-state index in [1.165, 1.54) is 0 Å². The molecule has 0 saturated heterocycles. The second-order valence-electron chi connectivity index (χ2n) is 7.54. The minimum absolute atomic E-state index is 0.0394. The third-order valence-corrected chi connectivity index (χ3v) is 5.64. The molecular formula is C24H19ClN4O3. The van der Waals surface area contributed by atoms with Crippen LogP contribution in [0.1, 0.15) is 34.6 Å². The number of hydrogen-bond donors (Lipinski definition) is 3. The number of nitrogens with one attached hydrogen (secondary N) is 2. The number of rotatable bonds is 6. The van der Waals surface area contributed by atoms with Gasteiger partial charge in [-0.2, -0.15) is 0 Å². The molecule has 3 N–H and O–H groups in total. The van der Waals surface area contributed by atoms with Crippen molar-refractivity contribution in [3.05, 3.63) is 82.9 Å². The van der Waals surface area contributed by atoms with Gasteiger partial charge in [-0.05, 0) is 24.3 Å². The molecule has 7 nitrogen and oxygen atoms in total. The van der Waals surface area contributed by atoms with Crippen LogP contribution in [-0.2, 0) is 0 Å². The average Bonchev–Trinajstić information content (AvgIpc) is 3.43. The highest BCUT2D eigenvalue weighted by molar-refractivity contribution is 6.36. The van der Waals surface area contributed by atoms with E-state index in [1.807, 2.05) is 37.3 Å². The number of para-hydroxylation sites is 1. The van der Waals surface area contributed by atoms with Crippen LogP contribution >= 0.6 is 11.6 Å². The quantitative estimate of drug-likeness (QED) is 0.310. The molecular weight excluding hydrogens is 428 g/mol. The van der Waals surface area contributed by atoms with E-state index >= 15 is 0 Å². The van der Waals surface area contributed by atoms with E-state index in [1.54, 1.807) is 30.6 Å². The van der Waals surface area contributed by atoms with Crippen LogP contribution in [0.25, 0.3) is 22.1 Å². The van der Waals surface area contributed by atoms with Gasteiger partial charge in [0.1, 0.15) is 28.5 Å². The van der Waals surface area contributed by atoms with Crippen molar-refractivity contribution in [3.63, 3.8) is 0 Å². The van der Waals surface area contributed by atoms with Crippen LogP contribution in [0.4, 0.5) is 0 Å². The lowest BCUT2D eigenvalue weighted by molar-refractivity contribution is 0.104. The third kappa shape index (κ3) is 3.51. The largest absolute Gasteiger partial charge is 0.457 e. The number of ketones is 1. The highest BCUT2D eigenvalue weighted by Crippen LogP contribution is 2.32. The Hall–Kier alpha value is -3.68. The number of nitrogens with zero attached hydrogens (tertiary/aromatic N) is 2. The fraction of sp³-hybridized carbons (Fsp3) is 0.125. The summed E-state index contributed by atoms with van der Waals surface area (Å²) >= 11 is 6.47. The number of benzene rings is 2. The zero-order valence-corrected chi connectivity index (χ0v) is 17.8. The highest BCUT2D eigenvalue weighted by Gasteiger charge is 2.22. The number of aromatic nitrogens is 4. The number of hydrogen-bond acceptors (Lipinski definition) is 5. The van der Waals surface area contributed by atoms with Gasteiger partial charge in [0.15, 0.2) is 5.78 Å². The number of halogens is 1. The number of ether oxygens (including phenoxy) is 1. The predicted molar refractivity (Wildman–Crippen MR) is 123 cm³/mol. The number of aromatic amines is 2. The van der Waals surface area contributed by atoms with Crippen LogP contribution in [-0.4, -0.2) is 37.4 Å². The van der Waals surface area contributed by atoms with Crippen molar-refractivity contribution in [3.8, 4) is 11.5 Å². The molecule has 8 heteroatoms. The minimum Gasteiger partial charge on any atom is -0.457 e. The molecule has 3 heterocycles. The van der Waals surface area contributed by atoms with E-state index < -0.39 is 0 Å². The number of aliphatic hydroxyl groups excluding tert-OH is 1. The molecule has 0 aliphatic heterocycles. The van der Waals surface area contributed by atoms with Gasteiger partial charge in [0.05, 0.1) is 34.3 Å². The highest BCUT2D eigenvalue weighted by atomic mass is 35.5. The van der Waals surface area contributed by atoms with Crippen molar-refractivity contribution >= 4 is 39.5 Å². The maximum Gasteiger partial charge on any atom is 0.196 e. The molecule has 0 fully saturated rings. The molecule has 1 unspecified atom stereocenters. The van der Waals surface area contributed by atoms with Gasteiger partial charge in [0, 0.05) is 23.7 Å². The molecule has 0 spiro atoms. The third-order valence-electron chi connectivity index (χ3n) is 5.32. The normalized spacial score (nSPS) is 12.3. The maximum absolute atomic E-state index is 13.4. The molecule has 32 heavy (non-hydrogen) atoms. The molecule has 5 aromatic rings. The number of aliphatic hydroxyl groups is 1. The van der Waals surface area contributed by atoms with E-state index in [-0.39, 0.29) is 23.3 Å². The van der Waals surface area contributed by atoms with E-state index in [9.17, 15) is 9.90 Å². The summed E-state index contributed by atoms with van der Waals surface area (Å²) in [5.74, 6) is 1.45. The van der Waals surface area contributed by atoms with Gasteiger partial charge < -0.3 is 19.8 Å². The number of imidazole rings is 1. The summed E-state index contributed by atoms with van der Waals surface area (Å²) < 4.78 is 5.80. The molecule has 0 bridgehead atoms. The second kappa shape index (κ2) is 8.11. The van der Waals surface area contributed by atoms with Crippen LogP contribution in [0, 0.1) is 0 Å². The Morgan fingerprint density at radius 1 is 1.16 bits per heavy atom. The molecule has 160 valence electrons. The molecule has 0 saturated carbocycles. The Bertz CT molecular complexity index is 1440. The molecule has 3 aromatic heterocycles. The first-order valence-corrected chi connectivity index (χ1v) is 10.5. The Labute approximate surface area is 188 Å². The smallest absolute Gasteiger partial charge is 0.196 e. The Morgan fingerprint density at radius 2 is 1.97 bits per heavy atom. The van der Waals surface area contributed by atoms with Crippen LogP contribution < -0.4 is 4.74 Å². The standard InChI is InChI=1S/C24H19ClN4O3/c1-13(12-30)23-28-19-11-27-24-20(21(19)29-23)17(10-26-24)22(31)16-8-7-15(9-18(16)25)32-14-5-3-2-4-6-14/h2-11,13,30H,12H2,1H3,(H,26,27)(H,28,29). The molecule has 0 aliphatic carbocycles. The number of carbonyl (C=O) groups excluding carboxylic acids is 1. The lowest BCUT2D eigenvalue weighted by atomic mass is 10.0. The van der Waals surface area contributed by atoms with E-state index in [0.717, 1.165) is 0 Å². The summed E-state index contributed by atoms with van der Waals surface area (Å²) in [5, 5.41) is 10.4. The fourth-order valence-electron chi connectivity index (χ4n) is 3.59. The zero-order valence-electron chi connectivity index (χ0n) is 17.1. The molecule has 0 amide bonds. The van der Waals surface area contributed by atoms with Gasteiger partial charge >= 0.3 is 0 Å². The first kappa shape index (κ1) is 20.2. The van der Waals surface area contributed by atoms with Gasteiger partial charge in [-0.3, -0.25) is 4.79 Å². The van der Waals surface area contributed by atoms with Crippen LogP contribution in [0.2, 0.25) is 5.02 Å². The van der Waals surface area contributed by atoms with E-state index in [0.29, 0.717) is 50.5 Å². The monoisotopic (exact) mass is 446 g/mol. The molecule has 0 radical (unpaired) electrons. The zero-order chi connectivity index (χ0) is 22.2. The average molecular weight is 447 g/mol. The summed E-state index contributed by atoms with van der Waals surface area (Å²) in [4.78, 5) is 28.6. The fourth-order valence-corrected chi connectivity index (χ4v) is 3.85. The van der Waals surface area contributed by atoms with E-state index in [4.69, 9.17) is 16.3 Å². The van der Waals surface area contributed by atoms with Gasteiger partial charge in [-0.15, -0.1) is 0 Å². The first-order valence-electron chi connectivity index (χ1n) is 10.1. The second-order valence-corrected chi connectivity index (χ2v) is 7.94. The van der Waals surface area contributed by atoms with Crippen LogP contribution in [0.15, 0.2) is 60.9 Å². The van der Waals surface area contributed by atoms with Crippen molar-refractivity contribution in [1.82, 2.24) is 19.9 Å². The topological polar surface area (TPSA) is 104 Å². The SMILES string of the molecule is CC(CO)c1nc2cnc3[nH]cc(C(=O)c4ccc(Oc5ccccc5)cc4Cl)c3c2[nH]1. The van der Waals surface area contributed by atoms with Crippen molar-refractivity contribution in [1.29, 1.82) is 0 Å². The Kier molecular flexibility index (Phi) is 5.13. The van der Waals surface area contributed by atoms with Gasteiger partial charge in [0.2, 0.25) is 0 Å². The van der Waals surface area contributed by atoms with Crippen molar-refractivity contribution in [2.75, 3.05) is 6.61 Å². The number of fused-ring (bicyclic) bond motifs is 3. The lowest BCUT2D eigenvalue weighted by Crippen LogP contribution is -2.02. The predicted octanol–water partition coefficient (Wildman–Crippen LogP) is 5.21. The van der Waals surface area contributed by atoms with Crippen molar-refractivity contribution in [2.24, 2.45) is 0 Å². The molecule has 2 aromatic carbocycles. The summed E-state index contributed by atoms with van der Waals surface area (Å²) in [6, 6.07) is 14.3. The summed E-state index contributed by atoms with van der Waals surface area (Å²) in [6.07, 6.45) is 3.26. The molecule has 0 aliphatic rings. The number of pyridine rings is 1. The van der Waals surface area contributed by atoms with Crippen LogP contribution in [0.3, 0.4) is 0 Å². The van der Waals surface area contributed by atoms with Gasteiger partial charge in [0.25, 0.3) is 0 Å². The summed E-state index contributed by atoms with van der Waals surface area (Å²) in [5.41, 5.74) is 2.67. The van der Waals surface area contributed by atoms with Crippen molar-refractivity contribution in [2.45, 2.75) is 12.8 Å². The number of carbonyl (C=O) groups is 1. The molecule has 1 atom stereocenters. The van der Waals surface area contributed by atoms with E-state index in [2.05, 4.69) is 19.9 Å². The lowest BCUT2D eigenvalue weighted by Gasteiger charge is -2.08. The maximum atomic E-state index is 13.4. The summed E-state index contributed by atoms with van der Waals surface area (Å²) in [7, 11) is 0. The Morgan fingerprint density at radius 3 is 2.72 bits per heavy atom. The Balaban J connectivity index is 1.54. The van der Waals surface area contributed by atoms with Crippen LogP contribution in [0.5, 0.6) is 11.5 Å². The summed E-state index contributed by atoms with van der Waals surface area (Å²) in [6.45, 7) is 1.83. The minimum atomic E-state index is -0.242. The van der Waals surface area contributed by atoms with Gasteiger partial charge in [-0.1, -0.05) is 36.7 Å². The van der Waals surface area contributed by atoms with Crippen molar-refractivity contribution < 1.29 is 14.6 Å².